The van der Waals surface area contributed by atoms with Crippen LogP contribution in [-0.4, -0.2) is 23.0 Å². The summed E-state index contributed by atoms with van der Waals surface area (Å²) in [6.07, 6.45) is -4.81. The predicted molar refractivity (Wildman–Crippen MR) is 121 cm³/mol. The van der Waals surface area contributed by atoms with E-state index >= 15 is 0 Å². The van der Waals surface area contributed by atoms with Gasteiger partial charge in [0.1, 0.15) is 11.8 Å². The average molecular weight is 498 g/mol. The summed E-state index contributed by atoms with van der Waals surface area (Å²) in [7, 11) is 1.25. The van der Waals surface area contributed by atoms with Crippen molar-refractivity contribution in [2.24, 2.45) is 10.2 Å². The highest BCUT2D eigenvalue weighted by Gasteiger charge is 2.35. The number of anilines is 1. The number of halogens is 3. The molecule has 2 aromatic carbocycles. The second kappa shape index (κ2) is 10.2. The monoisotopic (exact) mass is 498 g/mol. The van der Waals surface area contributed by atoms with Crippen molar-refractivity contribution in [3.05, 3.63) is 86.1 Å². The first-order valence-electron chi connectivity index (χ1n) is 10.1. The number of alkyl halides is 3. The van der Waals surface area contributed by atoms with Crippen LogP contribution in [0, 0.1) is 28.4 Å². The van der Waals surface area contributed by atoms with Crippen LogP contribution in [0.15, 0.2) is 52.7 Å². The van der Waals surface area contributed by atoms with E-state index in [4.69, 9.17) is 10.5 Å². The normalized spacial score (nSPS) is 11.3. The van der Waals surface area contributed by atoms with Gasteiger partial charge in [0.25, 0.3) is 5.69 Å². The number of ether oxygens (including phenoxy) is 1. The minimum Gasteiger partial charge on any atom is -0.465 e. The van der Waals surface area contributed by atoms with E-state index in [0.717, 1.165) is 12.1 Å². The lowest BCUT2D eigenvalue weighted by atomic mass is 10.00. The Hall–Kier alpha value is -4.86. The van der Waals surface area contributed by atoms with Crippen molar-refractivity contribution < 1.29 is 27.6 Å². The summed E-state index contributed by atoms with van der Waals surface area (Å²) in [6.45, 7) is 1.49. The first-order valence-corrected chi connectivity index (χ1v) is 10.1. The minimum atomic E-state index is -4.93. The molecule has 0 saturated heterocycles. The number of carbonyl (C=O) groups is 1. The molecule has 36 heavy (non-hydrogen) atoms. The summed E-state index contributed by atoms with van der Waals surface area (Å²) in [5, 5.41) is 27.9. The SMILES string of the molecule is COC(=O)c1cccc(Cc2nc(N)c(N=Nc3ccc([N+](=O)[O-])cc3C(F)(F)F)c(C)c2C#N)c1. The van der Waals surface area contributed by atoms with Crippen LogP contribution in [0.4, 0.5) is 36.1 Å². The Morgan fingerprint density at radius 2 is 1.97 bits per heavy atom. The van der Waals surface area contributed by atoms with E-state index in [9.17, 15) is 33.3 Å². The van der Waals surface area contributed by atoms with Gasteiger partial charge >= 0.3 is 12.1 Å². The van der Waals surface area contributed by atoms with E-state index in [-0.39, 0.29) is 34.7 Å². The first-order chi connectivity index (χ1) is 17.0. The van der Waals surface area contributed by atoms with Gasteiger partial charge in [-0.15, -0.1) is 10.2 Å². The first kappa shape index (κ1) is 25.8. The zero-order valence-corrected chi connectivity index (χ0v) is 18.8. The molecule has 2 N–H and O–H groups in total. The molecular formula is C23H17F3N6O4. The van der Waals surface area contributed by atoms with Crippen molar-refractivity contribution >= 4 is 28.8 Å². The molecule has 0 aliphatic heterocycles. The molecule has 0 radical (unpaired) electrons. The highest BCUT2D eigenvalue weighted by molar-refractivity contribution is 5.89. The van der Waals surface area contributed by atoms with E-state index < -0.39 is 34.0 Å². The van der Waals surface area contributed by atoms with Gasteiger partial charge in [0, 0.05) is 18.6 Å². The number of nitrogens with zero attached hydrogens (tertiary/aromatic N) is 5. The topological polar surface area (TPSA) is 157 Å². The number of hydrogen-bond acceptors (Lipinski definition) is 9. The lowest BCUT2D eigenvalue weighted by molar-refractivity contribution is -0.385. The van der Waals surface area contributed by atoms with Gasteiger partial charge in [0.15, 0.2) is 5.82 Å². The van der Waals surface area contributed by atoms with Gasteiger partial charge in [-0.1, -0.05) is 12.1 Å². The number of benzene rings is 2. The van der Waals surface area contributed by atoms with Crippen LogP contribution in [0.5, 0.6) is 0 Å². The standard InChI is InChI=1S/C23H17F3N6O4/c1-12-16(11-27)19(9-13-4-3-5-14(8-13)22(33)36-2)29-21(28)20(12)31-30-18-7-6-15(32(34)35)10-17(18)23(24,25)26/h3-8,10H,9H2,1-2H3,(H2,28,29). The van der Waals surface area contributed by atoms with Gasteiger partial charge in [-0.3, -0.25) is 10.1 Å². The molecule has 3 rings (SSSR count). The molecule has 0 atom stereocenters. The third kappa shape index (κ3) is 5.44. The average Bonchev–Trinajstić information content (AvgIpc) is 2.83. The molecule has 1 heterocycles. The maximum absolute atomic E-state index is 13.4. The van der Waals surface area contributed by atoms with E-state index in [2.05, 4.69) is 15.2 Å². The molecule has 10 nitrogen and oxygen atoms in total. The second-order valence-electron chi connectivity index (χ2n) is 7.43. The summed E-state index contributed by atoms with van der Waals surface area (Å²) in [5.74, 6) is -0.730. The largest absolute Gasteiger partial charge is 0.465 e. The van der Waals surface area contributed by atoms with Crippen molar-refractivity contribution in [3.8, 4) is 6.07 Å². The number of azo groups is 1. The molecule has 184 valence electrons. The van der Waals surface area contributed by atoms with Crippen LogP contribution in [0.2, 0.25) is 0 Å². The number of nitriles is 1. The zero-order valence-electron chi connectivity index (χ0n) is 18.8. The number of aromatic nitrogens is 1. The summed E-state index contributed by atoms with van der Waals surface area (Å²) in [5.41, 5.74) is 4.59. The molecule has 1 aromatic heterocycles. The van der Waals surface area contributed by atoms with E-state index in [1.165, 1.54) is 14.0 Å². The maximum Gasteiger partial charge on any atom is 0.418 e. The number of carbonyl (C=O) groups excluding carboxylic acids is 1. The number of rotatable bonds is 6. The Kier molecular flexibility index (Phi) is 7.28. The predicted octanol–water partition coefficient (Wildman–Crippen LogP) is 5.56. The Labute approximate surface area is 202 Å². The number of hydrogen-bond donors (Lipinski definition) is 1. The summed E-state index contributed by atoms with van der Waals surface area (Å²) in [6, 6.07) is 10.5. The van der Waals surface area contributed by atoms with Gasteiger partial charge in [-0.2, -0.15) is 18.4 Å². The minimum absolute atomic E-state index is 0.0846. The van der Waals surface area contributed by atoms with E-state index in [0.29, 0.717) is 17.2 Å². The molecule has 0 aliphatic carbocycles. The Balaban J connectivity index is 2.03. The summed E-state index contributed by atoms with van der Waals surface area (Å²) >= 11 is 0. The molecule has 0 unspecified atom stereocenters. The quantitative estimate of drug-likeness (QED) is 0.202. The second-order valence-corrected chi connectivity index (χ2v) is 7.43. The van der Waals surface area contributed by atoms with Gasteiger partial charge in [-0.25, -0.2) is 9.78 Å². The number of nitrogens with two attached hydrogens (primary N) is 1. The highest BCUT2D eigenvalue weighted by Crippen LogP contribution is 2.40. The number of non-ortho nitro benzene ring substituents is 1. The molecule has 13 heteroatoms. The number of pyridine rings is 1. The zero-order chi connectivity index (χ0) is 26.6. The molecule has 0 amide bonds. The Bertz CT molecular complexity index is 1430. The van der Waals surface area contributed by atoms with Crippen LogP contribution in [0.25, 0.3) is 0 Å². The highest BCUT2D eigenvalue weighted by atomic mass is 19.4. The van der Waals surface area contributed by atoms with Crippen molar-refractivity contribution in [2.75, 3.05) is 12.8 Å². The number of methoxy groups -OCH3 is 1. The number of esters is 1. The Morgan fingerprint density at radius 1 is 1.25 bits per heavy atom. The fourth-order valence-electron chi connectivity index (χ4n) is 3.36. The van der Waals surface area contributed by atoms with Crippen LogP contribution in [0.1, 0.15) is 38.3 Å². The van der Waals surface area contributed by atoms with Crippen LogP contribution in [-0.2, 0) is 17.3 Å². The van der Waals surface area contributed by atoms with Crippen molar-refractivity contribution in [1.82, 2.24) is 4.98 Å². The number of nitrogen functional groups attached to an aromatic ring is 1. The third-order valence-electron chi connectivity index (χ3n) is 5.10. The van der Waals surface area contributed by atoms with Gasteiger partial charge in [-0.05, 0) is 36.2 Å². The molecule has 0 spiro atoms. The number of nitro benzene ring substituents is 1. The lowest BCUT2D eigenvalue weighted by Crippen LogP contribution is -2.06. The molecule has 0 saturated carbocycles. The molecule has 0 bridgehead atoms. The number of nitro groups is 1. The molecular weight excluding hydrogens is 481 g/mol. The Morgan fingerprint density at radius 3 is 2.58 bits per heavy atom. The van der Waals surface area contributed by atoms with Gasteiger partial charge in [0.2, 0.25) is 0 Å². The maximum atomic E-state index is 13.4. The fraction of sp³-hybridized carbons (Fsp3) is 0.174. The van der Waals surface area contributed by atoms with Gasteiger partial charge < -0.3 is 10.5 Å². The van der Waals surface area contributed by atoms with E-state index in [1.807, 2.05) is 6.07 Å². The third-order valence-corrected chi connectivity index (χ3v) is 5.10. The summed E-state index contributed by atoms with van der Waals surface area (Å²) < 4.78 is 45.0. The van der Waals surface area contributed by atoms with Crippen molar-refractivity contribution in [1.29, 1.82) is 5.26 Å². The van der Waals surface area contributed by atoms with Crippen molar-refractivity contribution in [3.63, 3.8) is 0 Å². The molecule has 3 aromatic rings. The smallest absolute Gasteiger partial charge is 0.418 e. The van der Waals surface area contributed by atoms with Crippen molar-refractivity contribution in [2.45, 2.75) is 19.5 Å². The van der Waals surface area contributed by atoms with Gasteiger partial charge in [0.05, 0.1) is 40.1 Å². The van der Waals surface area contributed by atoms with E-state index in [1.54, 1.807) is 24.3 Å². The molecule has 0 fully saturated rings. The molecule has 0 aliphatic rings. The lowest BCUT2D eigenvalue weighted by Gasteiger charge is -2.12. The summed E-state index contributed by atoms with van der Waals surface area (Å²) in [4.78, 5) is 25.9. The van der Waals surface area contributed by atoms with Crippen LogP contribution in [0.3, 0.4) is 0 Å². The fourth-order valence-corrected chi connectivity index (χ4v) is 3.36. The van der Waals surface area contributed by atoms with Crippen LogP contribution >= 0.6 is 0 Å². The van der Waals surface area contributed by atoms with Crippen LogP contribution < -0.4 is 5.73 Å².